The van der Waals surface area contributed by atoms with Gasteiger partial charge in [-0.15, -0.1) is 0 Å². The number of halogens is 10. The summed E-state index contributed by atoms with van der Waals surface area (Å²) in [5.74, 6) is -4.87. The monoisotopic (exact) mass is 579 g/mol. The summed E-state index contributed by atoms with van der Waals surface area (Å²) in [5.41, 5.74) is 1.01. The molecule has 2 aromatic rings. The van der Waals surface area contributed by atoms with Crippen molar-refractivity contribution < 1.29 is 40.3 Å². The van der Waals surface area contributed by atoms with Gasteiger partial charge in [-0.3, -0.25) is 4.79 Å². The first-order valence-corrected chi connectivity index (χ1v) is 10.7. The first-order chi connectivity index (χ1) is 16.5. The Balaban J connectivity index is 2.30. The number of amides is 3. The van der Waals surface area contributed by atoms with E-state index >= 15 is 0 Å². The number of nitrogens with one attached hydrogen (secondary N) is 2. The molecule has 0 saturated heterocycles. The minimum absolute atomic E-state index is 0.171. The van der Waals surface area contributed by atoms with Crippen LogP contribution in [0.5, 0.6) is 0 Å². The van der Waals surface area contributed by atoms with E-state index in [0.717, 1.165) is 43.4 Å². The fourth-order valence-electron chi connectivity index (χ4n) is 2.83. The van der Waals surface area contributed by atoms with Crippen molar-refractivity contribution >= 4 is 52.6 Å². The van der Waals surface area contributed by atoms with Crippen LogP contribution in [0.15, 0.2) is 42.5 Å². The molecular weight excluding hydrogens is 566 g/mol. The molecule has 5 nitrogen and oxygen atoms in total. The Bertz CT molecular complexity index is 1130. The van der Waals surface area contributed by atoms with Crippen LogP contribution in [0.1, 0.15) is 27.4 Å². The third-order valence-electron chi connectivity index (χ3n) is 4.51. The summed E-state index contributed by atoms with van der Waals surface area (Å²) in [6.45, 7) is -1.70. The van der Waals surface area contributed by atoms with Crippen molar-refractivity contribution in [3.05, 3.63) is 74.2 Å². The molecule has 0 heterocycles. The maximum Gasteiger partial charge on any atom is 0.405 e. The molecular formula is C21H15Cl3F7N3O2. The molecule has 2 N–H and O–H groups in total. The van der Waals surface area contributed by atoms with Gasteiger partial charge in [0.2, 0.25) is 0 Å². The van der Waals surface area contributed by atoms with E-state index in [1.807, 2.05) is 0 Å². The molecule has 2 rings (SSSR count). The lowest BCUT2D eigenvalue weighted by molar-refractivity contribution is -0.139. The molecule has 0 aromatic heterocycles. The minimum Gasteiger partial charge on any atom is -0.327 e. The average molecular weight is 581 g/mol. The number of carbonyl (C=O) groups is 2. The molecule has 0 fully saturated rings. The highest BCUT2D eigenvalue weighted by atomic mass is 35.5. The summed E-state index contributed by atoms with van der Waals surface area (Å²) in [6, 6.07) is 4.25. The molecule has 2 aromatic carbocycles. The maximum absolute atomic E-state index is 14.8. The number of imide groups is 1. The second kappa shape index (κ2) is 11.7. The normalized spacial score (nSPS) is 13.4. The van der Waals surface area contributed by atoms with Crippen LogP contribution < -0.4 is 10.7 Å². The van der Waals surface area contributed by atoms with Crippen molar-refractivity contribution in [2.75, 3.05) is 13.6 Å². The Morgan fingerprint density at radius 1 is 0.972 bits per heavy atom. The van der Waals surface area contributed by atoms with E-state index in [2.05, 4.69) is 5.43 Å². The molecule has 0 spiro atoms. The van der Waals surface area contributed by atoms with E-state index in [-0.39, 0.29) is 37.3 Å². The van der Waals surface area contributed by atoms with Crippen molar-refractivity contribution in [2.24, 2.45) is 0 Å². The van der Waals surface area contributed by atoms with Crippen LogP contribution in [0.25, 0.3) is 5.83 Å². The van der Waals surface area contributed by atoms with Crippen LogP contribution >= 0.6 is 34.8 Å². The molecule has 0 aliphatic rings. The Hall–Kier alpha value is -2.54. The molecule has 0 aliphatic carbocycles. The molecule has 0 bridgehead atoms. The maximum atomic E-state index is 14.8. The number of hydrazine groups is 1. The molecule has 3 amide bonds. The smallest absolute Gasteiger partial charge is 0.327 e. The summed E-state index contributed by atoms with van der Waals surface area (Å²) in [4.78, 5) is 24.3. The van der Waals surface area contributed by atoms with Gasteiger partial charge in [0, 0.05) is 18.2 Å². The molecule has 1 atom stereocenters. The Morgan fingerprint density at radius 3 is 1.92 bits per heavy atom. The van der Waals surface area contributed by atoms with Crippen molar-refractivity contribution in [1.29, 1.82) is 0 Å². The van der Waals surface area contributed by atoms with Gasteiger partial charge in [0.15, 0.2) is 0 Å². The van der Waals surface area contributed by atoms with Crippen molar-refractivity contribution in [1.82, 2.24) is 15.8 Å². The SMILES string of the molecule is CNN(C(=O)NCC(F)(F)F)C(=O)c1ccc(C(F)=CC(c2cc(Cl)c(Cl)c(Cl)c2)C(F)(F)F)cc1. The number of hydrogen-bond donors (Lipinski definition) is 2. The van der Waals surface area contributed by atoms with Gasteiger partial charge in [-0.25, -0.2) is 14.6 Å². The number of hydrogen-bond acceptors (Lipinski definition) is 3. The predicted molar refractivity (Wildman–Crippen MR) is 120 cm³/mol. The van der Waals surface area contributed by atoms with Crippen molar-refractivity contribution in [2.45, 2.75) is 18.3 Å². The Morgan fingerprint density at radius 2 is 1.47 bits per heavy atom. The third-order valence-corrected chi connectivity index (χ3v) is 5.71. The average Bonchev–Trinajstić information content (AvgIpc) is 2.78. The number of carbonyl (C=O) groups excluding carboxylic acids is 2. The molecule has 0 radical (unpaired) electrons. The number of urea groups is 1. The summed E-state index contributed by atoms with van der Waals surface area (Å²) in [5, 5.41) is 1.03. The van der Waals surface area contributed by atoms with E-state index in [1.54, 1.807) is 0 Å². The number of benzene rings is 2. The van der Waals surface area contributed by atoms with Crippen LogP contribution in [-0.2, 0) is 0 Å². The van der Waals surface area contributed by atoms with Gasteiger partial charge in [0.1, 0.15) is 18.3 Å². The summed E-state index contributed by atoms with van der Waals surface area (Å²) < 4.78 is 92.6. The molecule has 1 unspecified atom stereocenters. The van der Waals surface area contributed by atoms with Gasteiger partial charge in [-0.05, 0) is 35.9 Å². The highest BCUT2D eigenvalue weighted by Crippen LogP contribution is 2.42. The first-order valence-electron chi connectivity index (χ1n) is 9.60. The fraction of sp³-hybridized carbons (Fsp3) is 0.238. The lowest BCUT2D eigenvalue weighted by Gasteiger charge is -2.20. The van der Waals surface area contributed by atoms with Crippen LogP contribution in [0.2, 0.25) is 15.1 Å². The highest BCUT2D eigenvalue weighted by Gasteiger charge is 2.40. The Kier molecular flexibility index (Phi) is 9.63. The molecule has 15 heteroatoms. The quantitative estimate of drug-likeness (QED) is 0.217. The lowest BCUT2D eigenvalue weighted by atomic mass is 9.96. The van der Waals surface area contributed by atoms with Crippen LogP contribution in [0.3, 0.4) is 0 Å². The number of rotatable bonds is 6. The summed E-state index contributed by atoms with van der Waals surface area (Å²) in [6.07, 6.45) is -9.39. The number of allylic oxidation sites excluding steroid dienone is 1. The molecule has 36 heavy (non-hydrogen) atoms. The van der Waals surface area contributed by atoms with E-state index < -0.39 is 48.1 Å². The van der Waals surface area contributed by atoms with Crippen LogP contribution in [0, 0.1) is 0 Å². The standard InChI is InChI=1S/C21H15Cl3F7N3O2/c1-32-34(19(36)33-9-20(26,27)28)18(35)11-4-2-10(3-5-11)16(25)8-13(21(29,30)31)12-6-14(22)17(24)15(23)7-12/h2-8,13,32H,9H2,1H3,(H,33,36). The second-order valence-corrected chi connectivity index (χ2v) is 8.24. The summed E-state index contributed by atoms with van der Waals surface area (Å²) >= 11 is 17.3. The van der Waals surface area contributed by atoms with Crippen LogP contribution in [-0.4, -0.2) is 42.9 Å². The molecule has 0 saturated carbocycles. The van der Waals surface area contributed by atoms with Crippen LogP contribution in [0.4, 0.5) is 35.5 Å². The van der Waals surface area contributed by atoms with E-state index in [1.165, 1.54) is 5.32 Å². The van der Waals surface area contributed by atoms with Crippen molar-refractivity contribution in [3.63, 3.8) is 0 Å². The zero-order valence-corrected chi connectivity index (χ0v) is 20.1. The summed E-state index contributed by atoms with van der Waals surface area (Å²) in [7, 11) is 1.09. The van der Waals surface area contributed by atoms with Crippen molar-refractivity contribution in [3.8, 4) is 0 Å². The van der Waals surface area contributed by atoms with Gasteiger partial charge in [0.05, 0.1) is 15.1 Å². The zero-order valence-electron chi connectivity index (χ0n) is 17.9. The minimum atomic E-state index is -4.94. The van der Waals surface area contributed by atoms with E-state index in [9.17, 15) is 40.3 Å². The number of nitrogens with zero attached hydrogens (tertiary/aromatic N) is 1. The van der Waals surface area contributed by atoms with E-state index in [0.29, 0.717) is 0 Å². The zero-order chi connectivity index (χ0) is 27.4. The Labute approximate surface area is 214 Å². The van der Waals surface area contributed by atoms with Gasteiger partial charge in [-0.2, -0.15) is 31.4 Å². The van der Waals surface area contributed by atoms with Gasteiger partial charge in [0.25, 0.3) is 5.91 Å². The topological polar surface area (TPSA) is 61.4 Å². The predicted octanol–water partition coefficient (Wildman–Crippen LogP) is 7.15. The third kappa shape index (κ3) is 7.73. The molecule has 0 aliphatic heterocycles. The second-order valence-electron chi connectivity index (χ2n) is 7.05. The molecule has 196 valence electrons. The highest BCUT2D eigenvalue weighted by molar-refractivity contribution is 6.48. The van der Waals surface area contributed by atoms with Gasteiger partial charge >= 0.3 is 18.4 Å². The first kappa shape index (κ1) is 29.7. The van der Waals surface area contributed by atoms with Gasteiger partial charge < -0.3 is 5.32 Å². The lowest BCUT2D eigenvalue weighted by Crippen LogP contribution is -2.51. The largest absolute Gasteiger partial charge is 0.405 e. The fourth-order valence-corrected chi connectivity index (χ4v) is 3.44. The number of alkyl halides is 6. The van der Waals surface area contributed by atoms with Gasteiger partial charge in [-0.1, -0.05) is 46.9 Å². The van der Waals surface area contributed by atoms with E-state index in [4.69, 9.17) is 34.8 Å².